The van der Waals surface area contributed by atoms with Crippen LogP contribution in [-0.4, -0.2) is 231 Å². The van der Waals surface area contributed by atoms with Crippen LogP contribution in [0.25, 0.3) is 0 Å². The van der Waals surface area contributed by atoms with Gasteiger partial charge in [0, 0.05) is 0 Å². The molecule has 6 unspecified atom stereocenters. The molecule has 527 valence electrons. The molecule has 0 aliphatic carbocycles. The Morgan fingerprint density at radius 1 is 0.418 bits per heavy atom. The van der Waals surface area contributed by atoms with Crippen LogP contribution < -0.4 is 61.0 Å². The summed E-state index contributed by atoms with van der Waals surface area (Å²) >= 11 is -9.63. The topological polar surface area (TPSA) is 632 Å². The van der Waals surface area contributed by atoms with E-state index in [-0.39, 0.29) is 116 Å². The summed E-state index contributed by atoms with van der Waals surface area (Å²) in [5.41, 5.74) is 35.7. The Labute approximate surface area is 571 Å². The first-order chi connectivity index (χ1) is 47.2. The average Bonchev–Trinajstić information content (AvgIpc) is 1.27. The fourth-order valence-corrected chi connectivity index (χ4v) is 13.8. The summed E-state index contributed by atoms with van der Waals surface area (Å²) in [5, 5.41) is 12.5. The normalized spacial score (nSPS) is 13.2. The molecule has 5 aromatic rings. The molecule has 6 heterocycles. The number of aromatic amines is 5. The van der Waals surface area contributed by atoms with Gasteiger partial charge in [-0.25, -0.2) is 0 Å². The zero-order valence-electron chi connectivity index (χ0n) is 53.1. The fourth-order valence-electron chi connectivity index (χ4n) is 8.68. The Hall–Kier alpha value is -9.80. The number of hydrogen-bond acceptors (Lipinski definition) is 30. The van der Waals surface area contributed by atoms with Gasteiger partial charge in [-0.1, -0.05) is 0 Å². The Balaban J connectivity index is 0.000000354. The van der Waals surface area contributed by atoms with Gasteiger partial charge >= 0.3 is 575 Å². The summed E-state index contributed by atoms with van der Waals surface area (Å²) in [6, 6.07) is -6.68. The maximum atomic E-state index is 13.6. The number of allylic oxidation sites excluding steroid dienone is 1. The number of ketones is 1. The van der Waals surface area contributed by atoms with Crippen molar-refractivity contribution in [2.24, 2.45) is 45.3 Å². The number of aliphatic imine (C=N–C) groups is 1. The molecule has 1 radical (unpaired) electrons. The van der Waals surface area contributed by atoms with E-state index >= 15 is 0 Å². The first kappa shape index (κ1) is 78.9. The van der Waals surface area contributed by atoms with E-state index in [4.69, 9.17) is 55.6 Å². The van der Waals surface area contributed by atoms with Crippen molar-refractivity contribution in [2.75, 3.05) is 39.3 Å². The van der Waals surface area contributed by atoms with E-state index < -0.39 is 142 Å². The van der Waals surface area contributed by atoms with Crippen LogP contribution in [0.4, 0.5) is 0 Å². The summed E-state index contributed by atoms with van der Waals surface area (Å²) in [4.78, 5) is 194. The molecule has 1 aliphatic rings. The zero-order valence-corrected chi connectivity index (χ0v) is 57.9. The molecule has 0 saturated heterocycles. The third-order valence-electron chi connectivity index (χ3n) is 13.4. The first-order valence-corrected chi connectivity index (χ1v) is 36.5. The molecule has 6 atom stereocenters. The SMILES string of the molecule is NCCC(=O)NC(Cc1cnc[nH]1)C(=O)[O][Ga]([O]C(=O)C(Cc1cnc[nH]1)NC(=O)CCN)[O]C(=O)C(Cc1cnc[nH]1)NC(=O)CCN.NCCC(=O)[CH+]C(Cc1cnc[nH]1)C(=O)[O][Ga-]([O]C(=O)C(CC1=CCC=N1)NC(=O)CCN)[O]C(=O)C(Cc1cnc[nH]1)NC(=O)CCN. The minimum absolute atomic E-state index is 0.00215. The molecule has 5 aromatic heterocycles. The van der Waals surface area contributed by atoms with Gasteiger partial charge in [0.05, 0.1) is 0 Å². The van der Waals surface area contributed by atoms with Gasteiger partial charge in [0.2, 0.25) is 0 Å². The number of amides is 5. The van der Waals surface area contributed by atoms with Crippen LogP contribution in [0.3, 0.4) is 0 Å². The van der Waals surface area contributed by atoms with E-state index in [1.807, 2.05) is 0 Å². The fraction of sp³-hybridized carbons (Fsp3) is 0.446. The van der Waals surface area contributed by atoms with Crippen LogP contribution in [-0.2, 0) is 111 Å². The van der Waals surface area contributed by atoms with Crippen LogP contribution in [0.1, 0.15) is 79.8 Å². The van der Waals surface area contributed by atoms with Gasteiger partial charge in [-0.15, -0.1) is 0 Å². The molecule has 0 saturated carbocycles. The first-order valence-electron chi connectivity index (χ1n) is 30.6. The molecule has 42 heteroatoms. The van der Waals surface area contributed by atoms with Gasteiger partial charge in [0.25, 0.3) is 0 Å². The predicted octanol–water partition coefficient (Wildman–Crippen LogP) is -6.31. The number of Topliss-reactive ketones (excluding diaryl/α,β-unsaturated/α-hetero) is 1. The monoisotopic (exact) mass is 1490 g/mol. The number of aromatic nitrogens is 10. The number of nitrogens with one attached hydrogen (secondary N) is 10. The standard InChI is InChI=1S/C10H13N3O3.C10H15N3O3.4C9H14N4O3.2Ga/c11-2-1-9(14)4-7(10(15)16)3-8-5-12-6-13-8;11-4-3-9(14)13-8(10(15)16)6-7-2-1-5-12-7;4*10-2-1-8(14)13-7(9(15)16)3-6-4-11-5-12-6;;/h4-7H,1-3,11H2,(H-,12,13,15,16);2,5,8H,1,3-4,6,11H2,(H,13,14)(H,15,16);4*4-5,7H,1-3,10H2,(H,11,12)(H,13,14)(H,15,16);;/q;;;;;;+2;+3/p-5. The molecule has 22 N–H and O–H groups in total. The van der Waals surface area contributed by atoms with Crippen LogP contribution in [0, 0.1) is 12.3 Å². The third kappa shape index (κ3) is 29.3. The van der Waals surface area contributed by atoms with Crippen molar-refractivity contribution in [3.8, 4) is 0 Å². The van der Waals surface area contributed by atoms with E-state index in [1.165, 1.54) is 62.6 Å². The van der Waals surface area contributed by atoms with Crippen molar-refractivity contribution in [1.82, 2.24) is 76.4 Å². The zero-order chi connectivity index (χ0) is 71.2. The molecule has 40 nitrogen and oxygen atoms in total. The van der Waals surface area contributed by atoms with Crippen molar-refractivity contribution in [3.05, 3.63) is 109 Å². The van der Waals surface area contributed by atoms with Crippen LogP contribution >= 0.6 is 0 Å². The number of carbonyl (C=O) groups is 12. The second-order valence-electron chi connectivity index (χ2n) is 21.1. The van der Waals surface area contributed by atoms with Gasteiger partial charge in [0.1, 0.15) is 0 Å². The van der Waals surface area contributed by atoms with Gasteiger partial charge in [-0.05, 0) is 0 Å². The minimum atomic E-state index is -4.83. The number of rotatable bonds is 43. The van der Waals surface area contributed by atoms with Crippen molar-refractivity contribution >= 4 is 112 Å². The van der Waals surface area contributed by atoms with Gasteiger partial charge in [-0.3, -0.25) is 0 Å². The van der Waals surface area contributed by atoms with Crippen molar-refractivity contribution in [1.29, 1.82) is 0 Å². The van der Waals surface area contributed by atoms with Crippen molar-refractivity contribution in [2.45, 2.75) is 114 Å². The summed E-state index contributed by atoms with van der Waals surface area (Å²) < 4.78 is 33.3. The number of imidazole rings is 5. The summed E-state index contributed by atoms with van der Waals surface area (Å²) in [7, 11) is 0. The quantitative estimate of drug-likeness (QED) is 0.0127. The van der Waals surface area contributed by atoms with E-state index in [1.54, 1.807) is 12.3 Å². The van der Waals surface area contributed by atoms with Gasteiger partial charge in [0.15, 0.2) is 0 Å². The Bertz CT molecular complexity index is 3150. The van der Waals surface area contributed by atoms with Crippen LogP contribution in [0.15, 0.2) is 79.4 Å². The van der Waals surface area contributed by atoms with E-state index in [2.05, 4.69) is 81.4 Å². The van der Waals surface area contributed by atoms with Gasteiger partial charge in [-0.2, -0.15) is 0 Å². The molecule has 6 rings (SSSR count). The molecule has 0 bridgehead atoms. The van der Waals surface area contributed by atoms with E-state index in [0.717, 1.165) is 6.42 Å². The van der Waals surface area contributed by atoms with Crippen molar-refractivity contribution in [3.63, 3.8) is 0 Å². The maximum absolute atomic E-state index is 13.6. The number of H-pyrrole nitrogens is 5. The number of carbonyl (C=O) groups excluding carboxylic acids is 12. The second-order valence-corrected chi connectivity index (χ2v) is 26.5. The Morgan fingerprint density at radius 3 is 1.00 bits per heavy atom. The molecule has 0 fully saturated rings. The molecule has 0 aromatic carbocycles. The molecule has 0 spiro atoms. The molecular weight excluding hydrogens is 1410 g/mol. The summed E-state index contributed by atoms with van der Waals surface area (Å²) in [6.45, 7) is 0.0245. The molecule has 1 aliphatic heterocycles. The van der Waals surface area contributed by atoms with Crippen molar-refractivity contribution < 1.29 is 78.7 Å². The van der Waals surface area contributed by atoms with Gasteiger partial charge < -0.3 is 0 Å². The molecular formula is C56H79Ga2N22O18. The Kier molecular flexibility index (Phi) is 34.9. The van der Waals surface area contributed by atoms with E-state index in [9.17, 15) is 57.5 Å². The molecule has 5 amide bonds. The van der Waals surface area contributed by atoms with E-state index in [0.29, 0.717) is 40.6 Å². The second kappa shape index (κ2) is 43.4. The number of nitrogens with zero attached hydrogens (tertiary/aromatic N) is 6. The predicted molar refractivity (Wildman–Crippen MR) is 340 cm³/mol. The Morgan fingerprint density at radius 2 is 0.714 bits per heavy atom. The van der Waals surface area contributed by atoms with Crippen LogP contribution in [0.2, 0.25) is 0 Å². The number of hydrogen-bond donors (Lipinski definition) is 16. The summed E-state index contributed by atoms with van der Waals surface area (Å²) in [5.74, 6) is -11.0. The summed E-state index contributed by atoms with van der Waals surface area (Å²) in [6.07, 6.45) is 17.7. The number of nitrogens with two attached hydrogens (primary N) is 6. The average molecular weight is 1490 g/mol. The van der Waals surface area contributed by atoms with Crippen LogP contribution in [0.5, 0.6) is 0 Å². The third-order valence-corrected chi connectivity index (χ3v) is 18.7. The molecule has 98 heavy (non-hydrogen) atoms.